The first-order chi connectivity index (χ1) is 27.3. The standard InChI is InChI=1S/C54H32O/c1-2-14-36(39-31-32-46-38-16-4-3-15-37(38)40-22-11-23-41(39)52(40)46)35(13-1)33-27-29-34(30-28-33)51-42-17-5-7-19-44(42)53(45-20-8-6-18-43(45)51)48-24-12-26-50-54(48)47-21-9-10-25-49(47)55-50/h1-32H. The van der Waals surface area contributed by atoms with Crippen LogP contribution in [0.3, 0.4) is 0 Å². The Bertz CT molecular complexity index is 3270. The molecule has 1 aliphatic rings. The number of para-hydroxylation sites is 1. The lowest BCUT2D eigenvalue weighted by Crippen LogP contribution is -1.92. The molecule has 12 rings (SSSR count). The van der Waals surface area contributed by atoms with E-state index in [1.165, 1.54) is 99.1 Å². The van der Waals surface area contributed by atoms with Crippen molar-refractivity contribution in [2.24, 2.45) is 0 Å². The quantitative estimate of drug-likeness (QED) is 0.167. The van der Waals surface area contributed by atoms with Gasteiger partial charge in [0.2, 0.25) is 0 Å². The van der Waals surface area contributed by atoms with Gasteiger partial charge in [-0.05, 0) is 111 Å². The first kappa shape index (κ1) is 30.3. The van der Waals surface area contributed by atoms with E-state index in [-0.39, 0.29) is 0 Å². The van der Waals surface area contributed by atoms with Gasteiger partial charge < -0.3 is 4.42 Å². The Kier molecular flexibility index (Phi) is 6.40. The van der Waals surface area contributed by atoms with Crippen molar-refractivity contribution in [3.63, 3.8) is 0 Å². The zero-order chi connectivity index (χ0) is 36.0. The van der Waals surface area contributed by atoms with Crippen molar-refractivity contribution in [2.45, 2.75) is 0 Å². The normalized spacial score (nSPS) is 12.0. The van der Waals surface area contributed by atoms with E-state index in [9.17, 15) is 0 Å². The molecule has 0 saturated carbocycles. The maximum absolute atomic E-state index is 6.36. The van der Waals surface area contributed by atoms with E-state index >= 15 is 0 Å². The number of benzene rings is 10. The predicted octanol–water partition coefficient (Wildman–Crippen LogP) is 15.4. The van der Waals surface area contributed by atoms with Crippen LogP contribution in [0.2, 0.25) is 0 Å². The number of hydrogen-bond acceptors (Lipinski definition) is 1. The molecule has 0 spiro atoms. The van der Waals surface area contributed by atoms with E-state index in [4.69, 9.17) is 4.42 Å². The van der Waals surface area contributed by atoms with Gasteiger partial charge in [-0.2, -0.15) is 0 Å². The van der Waals surface area contributed by atoms with Crippen molar-refractivity contribution in [3.05, 3.63) is 194 Å². The van der Waals surface area contributed by atoms with Crippen LogP contribution in [0.25, 0.3) is 121 Å². The Hall–Kier alpha value is -7.22. The van der Waals surface area contributed by atoms with Crippen molar-refractivity contribution in [1.29, 1.82) is 0 Å². The minimum absolute atomic E-state index is 0.911. The van der Waals surface area contributed by atoms with Crippen molar-refractivity contribution in [2.75, 3.05) is 0 Å². The van der Waals surface area contributed by atoms with Crippen molar-refractivity contribution in [3.8, 4) is 66.8 Å². The topological polar surface area (TPSA) is 13.1 Å². The molecule has 0 bridgehead atoms. The fraction of sp³-hybridized carbons (Fsp3) is 0. The Labute approximate surface area is 318 Å². The summed E-state index contributed by atoms with van der Waals surface area (Å²) in [6.07, 6.45) is 0. The van der Waals surface area contributed by atoms with Gasteiger partial charge in [0.15, 0.2) is 0 Å². The fourth-order valence-corrected chi connectivity index (χ4v) is 9.54. The van der Waals surface area contributed by atoms with Crippen molar-refractivity contribution < 1.29 is 4.42 Å². The molecule has 254 valence electrons. The Morgan fingerprint density at radius 3 is 1.35 bits per heavy atom. The van der Waals surface area contributed by atoms with E-state index in [0.717, 1.165) is 21.9 Å². The van der Waals surface area contributed by atoms with Crippen LogP contribution in [0, 0.1) is 0 Å². The van der Waals surface area contributed by atoms with Gasteiger partial charge in [-0.15, -0.1) is 0 Å². The summed E-state index contributed by atoms with van der Waals surface area (Å²) in [5, 5.41) is 9.90. The summed E-state index contributed by atoms with van der Waals surface area (Å²) < 4.78 is 6.36. The molecule has 0 atom stereocenters. The monoisotopic (exact) mass is 696 g/mol. The minimum Gasteiger partial charge on any atom is -0.456 e. The van der Waals surface area contributed by atoms with Crippen LogP contribution in [0.4, 0.5) is 0 Å². The lowest BCUT2D eigenvalue weighted by Gasteiger charge is -2.19. The number of fused-ring (bicyclic) bond motifs is 8. The summed E-state index contributed by atoms with van der Waals surface area (Å²) in [6.45, 7) is 0. The Morgan fingerprint density at radius 1 is 0.218 bits per heavy atom. The molecule has 0 N–H and O–H groups in total. The Balaban J connectivity index is 1.03. The van der Waals surface area contributed by atoms with Crippen molar-refractivity contribution in [1.82, 2.24) is 0 Å². The summed E-state index contributed by atoms with van der Waals surface area (Å²) in [6, 6.07) is 70.9. The second-order valence-corrected chi connectivity index (χ2v) is 14.7. The molecule has 0 saturated heterocycles. The van der Waals surface area contributed by atoms with Gasteiger partial charge in [-0.1, -0.05) is 182 Å². The average molecular weight is 697 g/mol. The molecule has 0 radical (unpaired) electrons. The van der Waals surface area contributed by atoms with Crippen LogP contribution in [0.15, 0.2) is 199 Å². The van der Waals surface area contributed by atoms with E-state index in [1.807, 2.05) is 6.07 Å². The van der Waals surface area contributed by atoms with Gasteiger partial charge in [-0.25, -0.2) is 0 Å². The van der Waals surface area contributed by atoms with Gasteiger partial charge in [0, 0.05) is 10.8 Å². The SMILES string of the molecule is c1ccc(-c2ccc3c4c(cccc24)-c2ccccc2-3)c(-c2ccc(-c3c4ccccc4c(-c4cccc5oc6ccccc6c45)c4ccccc34)cc2)c1. The minimum atomic E-state index is 0.911. The van der Waals surface area contributed by atoms with Crippen molar-refractivity contribution >= 4 is 54.3 Å². The summed E-state index contributed by atoms with van der Waals surface area (Å²) in [4.78, 5) is 0. The molecule has 0 aliphatic heterocycles. The van der Waals surface area contributed by atoms with Gasteiger partial charge >= 0.3 is 0 Å². The molecular formula is C54H32O. The third-order valence-corrected chi connectivity index (χ3v) is 11.9. The van der Waals surface area contributed by atoms with Crippen LogP contribution in [0.1, 0.15) is 0 Å². The third-order valence-electron chi connectivity index (χ3n) is 11.9. The molecule has 55 heavy (non-hydrogen) atoms. The number of hydrogen-bond donors (Lipinski definition) is 0. The molecular weight excluding hydrogens is 665 g/mol. The predicted molar refractivity (Wildman–Crippen MR) is 232 cm³/mol. The number of rotatable bonds is 4. The summed E-state index contributed by atoms with van der Waals surface area (Å²) in [7, 11) is 0. The maximum Gasteiger partial charge on any atom is 0.136 e. The first-order valence-electron chi connectivity index (χ1n) is 19.0. The third kappa shape index (κ3) is 4.35. The highest BCUT2D eigenvalue weighted by molar-refractivity contribution is 6.26. The average Bonchev–Trinajstić information content (AvgIpc) is 3.80. The first-order valence-corrected chi connectivity index (χ1v) is 19.0. The van der Waals surface area contributed by atoms with E-state index in [0.29, 0.717) is 0 Å². The van der Waals surface area contributed by atoms with Crippen LogP contribution < -0.4 is 0 Å². The largest absolute Gasteiger partial charge is 0.456 e. The molecule has 1 aliphatic carbocycles. The summed E-state index contributed by atoms with van der Waals surface area (Å²) in [5.74, 6) is 0. The molecule has 0 unspecified atom stereocenters. The van der Waals surface area contributed by atoms with Crippen LogP contribution >= 0.6 is 0 Å². The second-order valence-electron chi connectivity index (χ2n) is 14.7. The molecule has 11 aromatic rings. The zero-order valence-corrected chi connectivity index (χ0v) is 29.9. The van der Waals surface area contributed by atoms with Gasteiger partial charge in [-0.3, -0.25) is 0 Å². The molecule has 1 heteroatoms. The zero-order valence-electron chi connectivity index (χ0n) is 29.9. The number of furan rings is 1. The highest BCUT2D eigenvalue weighted by atomic mass is 16.3. The van der Waals surface area contributed by atoms with Crippen LogP contribution in [-0.2, 0) is 0 Å². The van der Waals surface area contributed by atoms with Gasteiger partial charge in [0.25, 0.3) is 0 Å². The smallest absolute Gasteiger partial charge is 0.136 e. The molecule has 0 amide bonds. The lowest BCUT2D eigenvalue weighted by molar-refractivity contribution is 0.669. The lowest BCUT2D eigenvalue weighted by atomic mass is 9.84. The van der Waals surface area contributed by atoms with E-state index in [2.05, 4.69) is 188 Å². The van der Waals surface area contributed by atoms with E-state index < -0.39 is 0 Å². The molecule has 1 nitrogen and oxygen atoms in total. The van der Waals surface area contributed by atoms with Crippen LogP contribution in [-0.4, -0.2) is 0 Å². The second kappa shape index (κ2) is 11.6. The van der Waals surface area contributed by atoms with Gasteiger partial charge in [0.05, 0.1) is 0 Å². The highest BCUT2D eigenvalue weighted by Crippen LogP contribution is 2.51. The Morgan fingerprint density at radius 2 is 0.655 bits per heavy atom. The summed E-state index contributed by atoms with van der Waals surface area (Å²) >= 11 is 0. The van der Waals surface area contributed by atoms with E-state index in [1.54, 1.807) is 0 Å². The molecule has 10 aromatic carbocycles. The van der Waals surface area contributed by atoms with Crippen LogP contribution in [0.5, 0.6) is 0 Å². The van der Waals surface area contributed by atoms with Gasteiger partial charge in [0.1, 0.15) is 11.2 Å². The molecule has 1 heterocycles. The summed E-state index contributed by atoms with van der Waals surface area (Å²) in [5.41, 5.74) is 17.0. The molecule has 0 fully saturated rings. The molecule has 1 aromatic heterocycles. The maximum atomic E-state index is 6.36. The fourth-order valence-electron chi connectivity index (χ4n) is 9.54. The highest BCUT2D eigenvalue weighted by Gasteiger charge is 2.24.